The summed E-state index contributed by atoms with van der Waals surface area (Å²) < 4.78 is 40.8. The van der Waals surface area contributed by atoms with Crippen LogP contribution in [0.5, 0.6) is 0 Å². The van der Waals surface area contributed by atoms with Crippen molar-refractivity contribution in [2.75, 3.05) is 0 Å². The zero-order valence-electron chi connectivity index (χ0n) is 9.20. The molecule has 18 heavy (non-hydrogen) atoms. The highest BCUT2D eigenvalue weighted by atomic mass is 19.1. The molecule has 3 N–H and O–H groups in total. The van der Waals surface area contributed by atoms with Crippen molar-refractivity contribution in [3.63, 3.8) is 0 Å². The monoisotopic (exact) mass is 253 g/mol. The molecule has 0 saturated carbocycles. The van der Waals surface area contributed by atoms with Gasteiger partial charge in [-0.3, -0.25) is 10.8 Å². The number of benzene rings is 1. The van der Waals surface area contributed by atoms with E-state index in [1.807, 2.05) is 0 Å². The topological polar surface area (TPSA) is 50.9 Å². The van der Waals surface area contributed by atoms with Crippen LogP contribution in [-0.4, -0.2) is 4.98 Å². The molecule has 1 atom stereocenters. The first-order valence-corrected chi connectivity index (χ1v) is 5.15. The Morgan fingerprint density at radius 1 is 1.00 bits per heavy atom. The summed E-state index contributed by atoms with van der Waals surface area (Å²) >= 11 is 0. The fourth-order valence-corrected chi connectivity index (χ4v) is 1.70. The summed E-state index contributed by atoms with van der Waals surface area (Å²) in [5.74, 6) is 2.93. The molecular weight excluding hydrogens is 243 g/mol. The Labute approximate surface area is 101 Å². The Hall–Kier alpha value is -1.92. The van der Waals surface area contributed by atoms with Gasteiger partial charge in [-0.15, -0.1) is 0 Å². The first-order chi connectivity index (χ1) is 8.65. The molecule has 0 radical (unpaired) electrons. The van der Waals surface area contributed by atoms with Gasteiger partial charge < -0.3 is 0 Å². The number of hydrazine groups is 1. The van der Waals surface area contributed by atoms with Gasteiger partial charge in [0.15, 0.2) is 0 Å². The molecule has 0 amide bonds. The standard InChI is InChI=1S/C12H10F3N3/c13-7-3-1-4-8(14)10(7)12(18-16)11-9(15)5-2-6-17-11/h1-6,12,18H,16H2. The molecule has 0 aliphatic rings. The number of hydrogen-bond donors (Lipinski definition) is 2. The maximum Gasteiger partial charge on any atom is 0.146 e. The van der Waals surface area contributed by atoms with Crippen LogP contribution in [0.2, 0.25) is 0 Å². The highest BCUT2D eigenvalue weighted by Crippen LogP contribution is 2.26. The first kappa shape index (κ1) is 12.5. The van der Waals surface area contributed by atoms with Crippen LogP contribution in [0.4, 0.5) is 13.2 Å². The summed E-state index contributed by atoms with van der Waals surface area (Å²) in [5.41, 5.74) is 1.65. The molecule has 0 fully saturated rings. The maximum atomic E-state index is 13.6. The van der Waals surface area contributed by atoms with Crippen molar-refractivity contribution in [1.82, 2.24) is 10.4 Å². The molecule has 6 heteroatoms. The van der Waals surface area contributed by atoms with Crippen molar-refractivity contribution in [2.24, 2.45) is 5.84 Å². The molecule has 2 aromatic rings. The van der Waals surface area contributed by atoms with Crippen LogP contribution >= 0.6 is 0 Å². The van der Waals surface area contributed by atoms with E-state index < -0.39 is 23.5 Å². The Balaban J connectivity index is 2.56. The second kappa shape index (κ2) is 5.16. The minimum absolute atomic E-state index is 0.163. The fourth-order valence-electron chi connectivity index (χ4n) is 1.70. The third-order valence-corrected chi connectivity index (χ3v) is 2.52. The number of pyridine rings is 1. The van der Waals surface area contributed by atoms with Gasteiger partial charge in [0, 0.05) is 11.8 Å². The SMILES string of the molecule is NNC(c1ncccc1F)c1c(F)cccc1F. The Bertz CT molecular complexity index is 540. The minimum atomic E-state index is -1.19. The van der Waals surface area contributed by atoms with Gasteiger partial charge in [0.1, 0.15) is 17.5 Å². The third-order valence-electron chi connectivity index (χ3n) is 2.52. The average Bonchev–Trinajstić information content (AvgIpc) is 2.35. The lowest BCUT2D eigenvalue weighted by atomic mass is 10.0. The zero-order chi connectivity index (χ0) is 13.1. The van der Waals surface area contributed by atoms with E-state index >= 15 is 0 Å². The maximum absolute atomic E-state index is 13.6. The van der Waals surface area contributed by atoms with Crippen LogP contribution < -0.4 is 11.3 Å². The van der Waals surface area contributed by atoms with Crippen LogP contribution in [0.15, 0.2) is 36.5 Å². The molecule has 0 spiro atoms. The highest BCUT2D eigenvalue weighted by Gasteiger charge is 2.24. The van der Waals surface area contributed by atoms with E-state index in [4.69, 9.17) is 5.84 Å². The van der Waals surface area contributed by atoms with Crippen LogP contribution in [-0.2, 0) is 0 Å². The normalized spacial score (nSPS) is 12.4. The van der Waals surface area contributed by atoms with E-state index in [2.05, 4.69) is 10.4 Å². The summed E-state index contributed by atoms with van der Waals surface area (Å²) in [6.45, 7) is 0. The van der Waals surface area contributed by atoms with E-state index in [-0.39, 0.29) is 11.3 Å². The molecule has 1 aromatic carbocycles. The summed E-state index contributed by atoms with van der Waals surface area (Å²) in [6.07, 6.45) is 1.32. The van der Waals surface area contributed by atoms with Gasteiger partial charge in [-0.1, -0.05) is 6.07 Å². The molecule has 3 nitrogen and oxygen atoms in total. The second-order valence-corrected chi connectivity index (χ2v) is 3.61. The molecular formula is C12H10F3N3. The quantitative estimate of drug-likeness (QED) is 0.650. The number of nitrogens with two attached hydrogens (primary N) is 1. The number of rotatable bonds is 3. The predicted molar refractivity (Wildman–Crippen MR) is 59.7 cm³/mol. The van der Waals surface area contributed by atoms with Crippen LogP contribution in [0.25, 0.3) is 0 Å². The van der Waals surface area contributed by atoms with Crippen molar-refractivity contribution in [2.45, 2.75) is 6.04 Å². The van der Waals surface area contributed by atoms with Crippen LogP contribution in [0, 0.1) is 17.5 Å². The molecule has 1 aromatic heterocycles. The highest BCUT2D eigenvalue weighted by molar-refractivity contribution is 5.30. The summed E-state index contributed by atoms with van der Waals surface area (Å²) in [6, 6.07) is 4.70. The van der Waals surface area contributed by atoms with Gasteiger partial charge in [-0.2, -0.15) is 0 Å². The second-order valence-electron chi connectivity index (χ2n) is 3.61. The number of nitrogens with zero attached hydrogens (tertiary/aromatic N) is 1. The van der Waals surface area contributed by atoms with E-state index in [1.54, 1.807) is 0 Å². The Morgan fingerprint density at radius 3 is 2.17 bits per heavy atom. The number of nitrogens with one attached hydrogen (secondary N) is 1. The lowest BCUT2D eigenvalue weighted by Crippen LogP contribution is -2.31. The molecule has 2 rings (SSSR count). The molecule has 0 bridgehead atoms. The van der Waals surface area contributed by atoms with E-state index in [0.717, 1.165) is 18.2 Å². The first-order valence-electron chi connectivity index (χ1n) is 5.15. The van der Waals surface area contributed by atoms with Gasteiger partial charge in [0.2, 0.25) is 0 Å². The Morgan fingerprint density at radius 2 is 1.61 bits per heavy atom. The van der Waals surface area contributed by atoms with Gasteiger partial charge in [0.25, 0.3) is 0 Å². The van der Waals surface area contributed by atoms with Gasteiger partial charge >= 0.3 is 0 Å². The van der Waals surface area contributed by atoms with Crippen molar-refractivity contribution in [1.29, 1.82) is 0 Å². The van der Waals surface area contributed by atoms with E-state index in [9.17, 15) is 13.2 Å². The average molecular weight is 253 g/mol. The van der Waals surface area contributed by atoms with Crippen LogP contribution in [0.1, 0.15) is 17.3 Å². The Kier molecular flexibility index (Phi) is 3.59. The van der Waals surface area contributed by atoms with Crippen molar-refractivity contribution < 1.29 is 13.2 Å². The zero-order valence-corrected chi connectivity index (χ0v) is 9.20. The summed E-state index contributed by atoms with van der Waals surface area (Å²) in [5, 5.41) is 0. The van der Waals surface area contributed by atoms with Crippen molar-refractivity contribution in [3.8, 4) is 0 Å². The van der Waals surface area contributed by atoms with Gasteiger partial charge in [-0.05, 0) is 24.3 Å². The largest absolute Gasteiger partial charge is 0.271 e. The van der Waals surface area contributed by atoms with Gasteiger partial charge in [0.05, 0.1) is 11.7 Å². The number of aromatic nitrogens is 1. The lowest BCUT2D eigenvalue weighted by molar-refractivity contribution is 0.486. The number of halogens is 3. The predicted octanol–water partition coefficient (Wildman–Crippen LogP) is 2.05. The number of hydrogen-bond acceptors (Lipinski definition) is 3. The molecule has 1 heterocycles. The van der Waals surface area contributed by atoms with E-state index in [0.29, 0.717) is 0 Å². The smallest absolute Gasteiger partial charge is 0.146 e. The van der Waals surface area contributed by atoms with Crippen molar-refractivity contribution >= 4 is 0 Å². The van der Waals surface area contributed by atoms with Crippen molar-refractivity contribution in [3.05, 3.63) is 65.2 Å². The van der Waals surface area contributed by atoms with E-state index in [1.165, 1.54) is 18.3 Å². The molecule has 0 aliphatic heterocycles. The molecule has 0 saturated heterocycles. The minimum Gasteiger partial charge on any atom is -0.271 e. The van der Waals surface area contributed by atoms with Crippen LogP contribution in [0.3, 0.4) is 0 Å². The third kappa shape index (κ3) is 2.20. The summed E-state index contributed by atoms with van der Waals surface area (Å²) in [4.78, 5) is 3.76. The molecule has 94 valence electrons. The summed E-state index contributed by atoms with van der Waals surface area (Å²) in [7, 11) is 0. The lowest BCUT2D eigenvalue weighted by Gasteiger charge is -2.17. The van der Waals surface area contributed by atoms with Gasteiger partial charge in [-0.25, -0.2) is 18.6 Å². The molecule has 1 unspecified atom stereocenters. The fraction of sp³-hybridized carbons (Fsp3) is 0.0833. The molecule has 0 aliphatic carbocycles.